The Labute approximate surface area is 146 Å². The lowest BCUT2D eigenvalue weighted by Gasteiger charge is -2.32. The molecule has 1 heterocycles. The normalized spacial score (nSPS) is 17.5. The topological polar surface area (TPSA) is 12.5 Å². The summed E-state index contributed by atoms with van der Waals surface area (Å²) in [5.74, 6) is -0.306. The van der Waals surface area contributed by atoms with Gasteiger partial charge in [-0.15, -0.1) is 0 Å². The Morgan fingerprint density at radius 2 is 1.83 bits per heavy atom. The molecule has 1 fully saturated rings. The SMILES string of the molecule is CC(C)CCN1CCCC(F)(F)C1.COc1ccccc1C(C)C. The average molecular weight is 341 g/mol. The van der Waals surface area contributed by atoms with Crippen molar-refractivity contribution in [2.24, 2.45) is 5.92 Å². The first-order chi connectivity index (χ1) is 11.2. The van der Waals surface area contributed by atoms with Crippen LogP contribution in [0.4, 0.5) is 8.78 Å². The van der Waals surface area contributed by atoms with Crippen molar-refractivity contribution < 1.29 is 13.5 Å². The summed E-state index contributed by atoms with van der Waals surface area (Å²) in [5.41, 5.74) is 1.27. The monoisotopic (exact) mass is 341 g/mol. The minimum absolute atomic E-state index is 0.0281. The fourth-order valence-electron chi connectivity index (χ4n) is 2.82. The van der Waals surface area contributed by atoms with Gasteiger partial charge in [-0.2, -0.15) is 0 Å². The third-order valence-electron chi connectivity index (χ3n) is 4.26. The molecule has 0 radical (unpaired) electrons. The Kier molecular flexibility index (Phi) is 8.68. The van der Waals surface area contributed by atoms with Crippen LogP contribution in [0.25, 0.3) is 0 Å². The van der Waals surface area contributed by atoms with Crippen LogP contribution in [0.2, 0.25) is 0 Å². The minimum Gasteiger partial charge on any atom is -0.496 e. The van der Waals surface area contributed by atoms with Gasteiger partial charge in [0.25, 0.3) is 5.92 Å². The number of piperidine rings is 1. The third kappa shape index (κ3) is 7.61. The molecule has 0 N–H and O–H groups in total. The highest BCUT2D eigenvalue weighted by atomic mass is 19.3. The van der Waals surface area contributed by atoms with Crippen molar-refractivity contribution in [2.75, 3.05) is 26.7 Å². The summed E-state index contributed by atoms with van der Waals surface area (Å²) >= 11 is 0. The summed E-state index contributed by atoms with van der Waals surface area (Å²) in [4.78, 5) is 1.89. The van der Waals surface area contributed by atoms with Crippen molar-refractivity contribution in [3.05, 3.63) is 29.8 Å². The zero-order valence-electron chi connectivity index (χ0n) is 15.8. The number of ether oxygens (including phenoxy) is 1. The van der Waals surface area contributed by atoms with E-state index in [1.807, 2.05) is 23.1 Å². The Hall–Kier alpha value is -1.16. The Bertz CT molecular complexity index is 474. The molecule has 0 unspecified atom stereocenters. The lowest BCUT2D eigenvalue weighted by Crippen LogP contribution is -2.43. The van der Waals surface area contributed by atoms with Gasteiger partial charge in [-0.3, -0.25) is 4.90 Å². The molecule has 1 saturated heterocycles. The van der Waals surface area contributed by atoms with Crippen LogP contribution in [-0.4, -0.2) is 37.6 Å². The van der Waals surface area contributed by atoms with E-state index in [0.29, 0.717) is 18.3 Å². The second kappa shape index (κ2) is 9.97. The molecule has 24 heavy (non-hydrogen) atoms. The highest BCUT2D eigenvalue weighted by Crippen LogP contribution is 2.27. The highest BCUT2D eigenvalue weighted by Gasteiger charge is 2.34. The third-order valence-corrected chi connectivity index (χ3v) is 4.26. The standard InChI is InChI=1S/C10H19F2N.C10H14O/c1-9(2)4-7-13-6-3-5-10(11,12)8-13;1-8(2)9-6-4-5-7-10(9)11-3/h9H,3-8H2,1-2H3;4-8H,1-3H3. The van der Waals surface area contributed by atoms with Crippen LogP contribution in [-0.2, 0) is 0 Å². The van der Waals surface area contributed by atoms with Crippen LogP contribution in [0.1, 0.15) is 58.4 Å². The van der Waals surface area contributed by atoms with Gasteiger partial charge < -0.3 is 4.74 Å². The zero-order valence-corrected chi connectivity index (χ0v) is 15.8. The van der Waals surface area contributed by atoms with E-state index in [1.165, 1.54) is 5.56 Å². The summed E-state index contributed by atoms with van der Waals surface area (Å²) in [6.45, 7) is 10.2. The smallest absolute Gasteiger partial charge is 0.260 e. The molecule has 1 aliphatic rings. The number of methoxy groups -OCH3 is 1. The summed E-state index contributed by atoms with van der Waals surface area (Å²) < 4.78 is 31.1. The summed E-state index contributed by atoms with van der Waals surface area (Å²) in [6, 6.07) is 8.13. The zero-order chi connectivity index (χ0) is 18.2. The average Bonchev–Trinajstić information content (AvgIpc) is 2.52. The van der Waals surface area contributed by atoms with Crippen LogP contribution in [0.3, 0.4) is 0 Å². The maximum atomic E-state index is 12.9. The second-order valence-electron chi connectivity index (χ2n) is 7.31. The van der Waals surface area contributed by atoms with Gasteiger partial charge in [-0.25, -0.2) is 8.78 Å². The second-order valence-corrected chi connectivity index (χ2v) is 7.31. The molecule has 138 valence electrons. The lowest BCUT2D eigenvalue weighted by atomic mass is 10.0. The molecule has 0 bridgehead atoms. The van der Waals surface area contributed by atoms with Gasteiger partial charge in [0.1, 0.15) is 5.75 Å². The van der Waals surface area contributed by atoms with E-state index < -0.39 is 5.92 Å². The van der Waals surface area contributed by atoms with Gasteiger partial charge in [-0.05, 0) is 49.4 Å². The fourth-order valence-corrected chi connectivity index (χ4v) is 2.82. The first kappa shape index (κ1) is 20.9. The predicted octanol–water partition coefficient (Wildman–Crippen LogP) is 5.58. The molecule has 0 amide bonds. The van der Waals surface area contributed by atoms with E-state index in [-0.39, 0.29) is 13.0 Å². The fraction of sp³-hybridized carbons (Fsp3) is 0.700. The molecule has 0 saturated carbocycles. The van der Waals surface area contributed by atoms with E-state index >= 15 is 0 Å². The van der Waals surface area contributed by atoms with E-state index in [9.17, 15) is 8.78 Å². The quantitative estimate of drug-likeness (QED) is 0.693. The van der Waals surface area contributed by atoms with Crippen LogP contribution in [0, 0.1) is 5.92 Å². The Morgan fingerprint density at radius 3 is 2.33 bits per heavy atom. The molecule has 0 atom stereocenters. The molecule has 1 aliphatic heterocycles. The van der Waals surface area contributed by atoms with Crippen LogP contribution < -0.4 is 4.74 Å². The molecular weight excluding hydrogens is 308 g/mol. The van der Waals surface area contributed by atoms with Gasteiger partial charge in [0.05, 0.1) is 13.7 Å². The number of benzene rings is 1. The number of rotatable bonds is 5. The Balaban J connectivity index is 0.000000243. The number of alkyl halides is 2. The molecule has 0 aliphatic carbocycles. The van der Waals surface area contributed by atoms with Gasteiger partial charge in [0, 0.05) is 6.42 Å². The summed E-state index contributed by atoms with van der Waals surface area (Å²) in [5, 5.41) is 0. The number of hydrogen-bond acceptors (Lipinski definition) is 2. The van der Waals surface area contributed by atoms with Crippen LogP contribution in [0.15, 0.2) is 24.3 Å². The lowest BCUT2D eigenvalue weighted by molar-refractivity contribution is -0.0645. The first-order valence-electron chi connectivity index (χ1n) is 8.98. The largest absolute Gasteiger partial charge is 0.496 e. The summed E-state index contributed by atoms with van der Waals surface area (Å²) in [7, 11) is 1.71. The molecule has 0 aromatic heterocycles. The van der Waals surface area contributed by atoms with Gasteiger partial charge in [-0.1, -0.05) is 45.9 Å². The van der Waals surface area contributed by atoms with Crippen molar-refractivity contribution in [1.29, 1.82) is 0 Å². The molecule has 2 rings (SSSR count). The van der Waals surface area contributed by atoms with Crippen LogP contribution in [0.5, 0.6) is 5.75 Å². The molecule has 2 nitrogen and oxygen atoms in total. The summed E-state index contributed by atoms with van der Waals surface area (Å²) in [6.07, 6.45) is 1.74. The van der Waals surface area contributed by atoms with E-state index in [1.54, 1.807) is 7.11 Å². The van der Waals surface area contributed by atoms with E-state index in [2.05, 4.69) is 33.8 Å². The predicted molar refractivity (Wildman–Crippen MR) is 97.2 cm³/mol. The van der Waals surface area contributed by atoms with Crippen molar-refractivity contribution in [2.45, 2.75) is 58.8 Å². The van der Waals surface area contributed by atoms with Gasteiger partial charge in [0.15, 0.2) is 0 Å². The maximum Gasteiger partial charge on any atom is 0.260 e. The highest BCUT2D eigenvalue weighted by molar-refractivity contribution is 5.35. The van der Waals surface area contributed by atoms with Gasteiger partial charge in [0.2, 0.25) is 0 Å². The number of hydrogen-bond donors (Lipinski definition) is 0. The number of nitrogens with zero attached hydrogens (tertiary/aromatic N) is 1. The van der Waals surface area contributed by atoms with E-state index in [0.717, 1.165) is 25.3 Å². The molecule has 1 aromatic rings. The molecule has 1 aromatic carbocycles. The number of likely N-dealkylation sites (tertiary alicyclic amines) is 1. The molecular formula is C20H33F2NO. The van der Waals surface area contributed by atoms with Crippen molar-refractivity contribution >= 4 is 0 Å². The van der Waals surface area contributed by atoms with Gasteiger partial charge >= 0.3 is 0 Å². The van der Waals surface area contributed by atoms with Crippen LogP contribution >= 0.6 is 0 Å². The van der Waals surface area contributed by atoms with Crippen molar-refractivity contribution in [3.63, 3.8) is 0 Å². The van der Waals surface area contributed by atoms with Crippen molar-refractivity contribution in [3.8, 4) is 5.75 Å². The minimum atomic E-state index is -2.44. The Morgan fingerprint density at radius 1 is 1.17 bits per heavy atom. The number of para-hydroxylation sites is 1. The first-order valence-corrected chi connectivity index (χ1v) is 8.98. The van der Waals surface area contributed by atoms with E-state index in [4.69, 9.17) is 4.74 Å². The molecule has 4 heteroatoms. The van der Waals surface area contributed by atoms with Crippen molar-refractivity contribution in [1.82, 2.24) is 4.90 Å². The maximum absolute atomic E-state index is 12.9. The number of halogens is 2. The molecule has 0 spiro atoms.